The number of halogens is 1. The number of hydrogen-bond acceptors (Lipinski definition) is 4. The first-order chi connectivity index (χ1) is 9.70. The zero-order valence-corrected chi connectivity index (χ0v) is 12.0. The molecular formula is C14H16ClN3O2. The molecule has 0 unspecified atom stereocenters. The van der Waals surface area contributed by atoms with Crippen molar-refractivity contribution in [3.8, 4) is 5.75 Å². The summed E-state index contributed by atoms with van der Waals surface area (Å²) in [5.41, 5.74) is 0.499. The molecule has 1 N–H and O–H groups in total. The van der Waals surface area contributed by atoms with Gasteiger partial charge in [-0.25, -0.2) is 4.98 Å². The predicted molar refractivity (Wildman–Crippen MR) is 78.7 cm³/mol. The first kappa shape index (κ1) is 13.4. The molecule has 1 saturated heterocycles. The van der Waals surface area contributed by atoms with Crippen LogP contribution in [0.1, 0.15) is 18.9 Å². The van der Waals surface area contributed by atoms with Gasteiger partial charge in [-0.05, 0) is 49.7 Å². The summed E-state index contributed by atoms with van der Waals surface area (Å²) in [5, 5.41) is 4.11. The van der Waals surface area contributed by atoms with Gasteiger partial charge in [0.2, 0.25) is 5.28 Å². The van der Waals surface area contributed by atoms with Gasteiger partial charge in [-0.3, -0.25) is 9.36 Å². The Hall–Kier alpha value is -1.59. The number of rotatable bonds is 2. The molecule has 1 aromatic carbocycles. The summed E-state index contributed by atoms with van der Waals surface area (Å²) in [6.45, 7) is 1.79. The third-order valence-electron chi connectivity index (χ3n) is 3.74. The maximum absolute atomic E-state index is 12.6. The molecule has 20 heavy (non-hydrogen) atoms. The number of aromatic nitrogens is 2. The number of fused-ring (bicyclic) bond motifs is 1. The van der Waals surface area contributed by atoms with E-state index in [1.54, 1.807) is 29.9 Å². The Kier molecular flexibility index (Phi) is 3.63. The van der Waals surface area contributed by atoms with Crippen molar-refractivity contribution in [1.29, 1.82) is 0 Å². The topological polar surface area (TPSA) is 56.1 Å². The van der Waals surface area contributed by atoms with Crippen LogP contribution in [0, 0.1) is 0 Å². The third kappa shape index (κ3) is 2.27. The molecule has 3 rings (SSSR count). The van der Waals surface area contributed by atoms with Gasteiger partial charge in [0.05, 0.1) is 18.0 Å². The third-order valence-corrected chi connectivity index (χ3v) is 4.01. The highest BCUT2D eigenvalue weighted by molar-refractivity contribution is 6.28. The summed E-state index contributed by atoms with van der Waals surface area (Å²) in [6.07, 6.45) is 1.78. The zero-order valence-electron chi connectivity index (χ0n) is 11.2. The molecule has 6 heteroatoms. The maximum Gasteiger partial charge on any atom is 0.262 e. The number of methoxy groups -OCH3 is 1. The fraction of sp³-hybridized carbons (Fsp3) is 0.429. The SMILES string of the molecule is COc1ccc2c(=O)n(C3CCNCC3)c(Cl)nc2c1. The van der Waals surface area contributed by atoms with Crippen molar-refractivity contribution in [3.63, 3.8) is 0 Å². The number of benzene rings is 1. The van der Waals surface area contributed by atoms with Crippen molar-refractivity contribution in [2.24, 2.45) is 0 Å². The van der Waals surface area contributed by atoms with Crippen LogP contribution < -0.4 is 15.6 Å². The number of hydrogen-bond donors (Lipinski definition) is 1. The van der Waals surface area contributed by atoms with Gasteiger partial charge in [0.1, 0.15) is 5.75 Å². The van der Waals surface area contributed by atoms with E-state index >= 15 is 0 Å². The van der Waals surface area contributed by atoms with E-state index in [0.717, 1.165) is 25.9 Å². The average molecular weight is 294 g/mol. The molecule has 0 spiro atoms. The van der Waals surface area contributed by atoms with Crippen LogP contribution in [-0.4, -0.2) is 29.8 Å². The van der Waals surface area contributed by atoms with Crippen LogP contribution in [-0.2, 0) is 0 Å². The van der Waals surface area contributed by atoms with Gasteiger partial charge >= 0.3 is 0 Å². The molecule has 2 heterocycles. The molecule has 1 aliphatic heterocycles. The molecule has 106 valence electrons. The lowest BCUT2D eigenvalue weighted by Crippen LogP contribution is -2.35. The molecule has 0 radical (unpaired) electrons. The van der Waals surface area contributed by atoms with Gasteiger partial charge in [0.25, 0.3) is 5.56 Å². The Morgan fingerprint density at radius 3 is 2.85 bits per heavy atom. The molecule has 0 amide bonds. The Morgan fingerprint density at radius 1 is 1.40 bits per heavy atom. The van der Waals surface area contributed by atoms with Crippen LogP contribution >= 0.6 is 11.6 Å². The van der Waals surface area contributed by atoms with E-state index in [1.165, 1.54) is 0 Å². The average Bonchev–Trinajstić information content (AvgIpc) is 2.47. The lowest BCUT2D eigenvalue weighted by atomic mass is 10.1. The molecule has 1 aliphatic rings. The van der Waals surface area contributed by atoms with E-state index in [9.17, 15) is 4.79 Å². The standard InChI is InChI=1S/C14H16ClN3O2/c1-20-10-2-3-11-12(8-10)17-14(15)18(13(11)19)9-4-6-16-7-5-9/h2-3,8-9,16H,4-7H2,1H3. The second-order valence-corrected chi connectivity index (χ2v) is 5.26. The van der Waals surface area contributed by atoms with Crippen molar-refractivity contribution < 1.29 is 4.74 Å². The normalized spacial score (nSPS) is 16.5. The van der Waals surface area contributed by atoms with Crippen LogP contribution in [0.5, 0.6) is 5.75 Å². The Labute approximate surface area is 121 Å². The summed E-state index contributed by atoms with van der Waals surface area (Å²) in [4.78, 5) is 17.0. The van der Waals surface area contributed by atoms with Crippen molar-refractivity contribution >= 4 is 22.5 Å². The number of nitrogens with one attached hydrogen (secondary N) is 1. The quantitative estimate of drug-likeness (QED) is 0.860. The van der Waals surface area contributed by atoms with E-state index in [1.807, 2.05) is 0 Å². The molecule has 2 aromatic rings. The first-order valence-corrected chi connectivity index (χ1v) is 7.05. The lowest BCUT2D eigenvalue weighted by Gasteiger charge is -2.25. The molecule has 0 saturated carbocycles. The predicted octanol–water partition coefficient (Wildman–Crippen LogP) is 1.98. The van der Waals surface area contributed by atoms with Gasteiger partial charge < -0.3 is 10.1 Å². The highest BCUT2D eigenvalue weighted by Gasteiger charge is 2.20. The molecule has 0 atom stereocenters. The van der Waals surface area contributed by atoms with E-state index in [-0.39, 0.29) is 16.9 Å². The fourth-order valence-corrected chi connectivity index (χ4v) is 2.97. The van der Waals surface area contributed by atoms with Gasteiger partial charge in [0.15, 0.2) is 0 Å². The van der Waals surface area contributed by atoms with Crippen LogP contribution in [0.4, 0.5) is 0 Å². The molecular weight excluding hydrogens is 278 g/mol. The summed E-state index contributed by atoms with van der Waals surface area (Å²) < 4.78 is 6.77. The highest BCUT2D eigenvalue weighted by Crippen LogP contribution is 2.23. The Morgan fingerprint density at radius 2 is 2.15 bits per heavy atom. The van der Waals surface area contributed by atoms with E-state index in [0.29, 0.717) is 16.7 Å². The second kappa shape index (κ2) is 5.42. The largest absolute Gasteiger partial charge is 0.497 e. The van der Waals surface area contributed by atoms with E-state index in [2.05, 4.69) is 10.3 Å². The summed E-state index contributed by atoms with van der Waals surface area (Å²) in [5.74, 6) is 0.667. The second-order valence-electron chi connectivity index (χ2n) is 4.92. The summed E-state index contributed by atoms with van der Waals surface area (Å²) in [6, 6.07) is 5.37. The van der Waals surface area contributed by atoms with E-state index < -0.39 is 0 Å². The summed E-state index contributed by atoms with van der Waals surface area (Å²) in [7, 11) is 1.58. The molecule has 0 bridgehead atoms. The highest BCUT2D eigenvalue weighted by atomic mass is 35.5. The lowest BCUT2D eigenvalue weighted by molar-refractivity contribution is 0.360. The van der Waals surface area contributed by atoms with Gasteiger partial charge in [0, 0.05) is 12.1 Å². The van der Waals surface area contributed by atoms with Crippen molar-refractivity contribution in [1.82, 2.24) is 14.9 Å². The van der Waals surface area contributed by atoms with Gasteiger partial charge in [-0.2, -0.15) is 0 Å². The smallest absolute Gasteiger partial charge is 0.262 e. The van der Waals surface area contributed by atoms with Crippen LogP contribution in [0.2, 0.25) is 5.28 Å². The molecule has 1 fully saturated rings. The molecule has 5 nitrogen and oxygen atoms in total. The van der Waals surface area contributed by atoms with Gasteiger partial charge in [-0.1, -0.05) is 0 Å². The minimum Gasteiger partial charge on any atom is -0.497 e. The fourth-order valence-electron chi connectivity index (χ4n) is 2.66. The van der Waals surface area contributed by atoms with Crippen LogP contribution in [0.25, 0.3) is 10.9 Å². The van der Waals surface area contributed by atoms with Crippen molar-refractivity contribution in [2.75, 3.05) is 20.2 Å². The number of ether oxygens (including phenoxy) is 1. The van der Waals surface area contributed by atoms with Crippen molar-refractivity contribution in [2.45, 2.75) is 18.9 Å². The monoisotopic (exact) mass is 293 g/mol. The van der Waals surface area contributed by atoms with Gasteiger partial charge in [-0.15, -0.1) is 0 Å². The maximum atomic E-state index is 12.6. The zero-order chi connectivity index (χ0) is 14.1. The Balaban J connectivity index is 2.16. The number of nitrogens with zero attached hydrogens (tertiary/aromatic N) is 2. The molecule has 0 aliphatic carbocycles. The van der Waals surface area contributed by atoms with E-state index in [4.69, 9.17) is 16.3 Å². The van der Waals surface area contributed by atoms with Crippen LogP contribution in [0.15, 0.2) is 23.0 Å². The first-order valence-electron chi connectivity index (χ1n) is 6.67. The minimum absolute atomic E-state index is 0.0745. The molecule has 1 aromatic heterocycles. The number of piperidine rings is 1. The summed E-state index contributed by atoms with van der Waals surface area (Å²) >= 11 is 6.23. The minimum atomic E-state index is -0.0745. The van der Waals surface area contributed by atoms with Crippen LogP contribution in [0.3, 0.4) is 0 Å². The van der Waals surface area contributed by atoms with Crippen molar-refractivity contribution in [3.05, 3.63) is 33.8 Å². The Bertz CT molecular complexity index is 693.